The molecule has 25 heavy (non-hydrogen) atoms. The summed E-state index contributed by atoms with van der Waals surface area (Å²) in [6.07, 6.45) is 3.39. The molecule has 1 amide bonds. The minimum absolute atomic E-state index is 0.0753. The van der Waals surface area contributed by atoms with E-state index in [1.165, 1.54) is 10.6 Å². The van der Waals surface area contributed by atoms with Crippen molar-refractivity contribution < 1.29 is 17.9 Å². The second-order valence-electron chi connectivity index (χ2n) is 6.66. The lowest BCUT2D eigenvalue weighted by Gasteiger charge is -2.31. The maximum absolute atomic E-state index is 12.7. The lowest BCUT2D eigenvalue weighted by molar-refractivity contribution is -0.126. The molecule has 2 atom stereocenters. The number of hydrogen-bond acceptors (Lipinski definition) is 4. The van der Waals surface area contributed by atoms with Gasteiger partial charge in [-0.3, -0.25) is 4.79 Å². The molecule has 0 aromatic heterocycles. The molecule has 0 unspecified atom stereocenters. The van der Waals surface area contributed by atoms with E-state index in [-0.39, 0.29) is 24.4 Å². The highest BCUT2D eigenvalue weighted by Crippen LogP contribution is 2.25. The van der Waals surface area contributed by atoms with Crippen LogP contribution in [-0.4, -0.2) is 45.1 Å². The Morgan fingerprint density at radius 3 is 2.72 bits per heavy atom. The predicted octanol–water partition coefficient (Wildman–Crippen LogP) is 2.24. The molecule has 1 saturated heterocycles. The average Bonchev–Trinajstić information content (AvgIpc) is 2.58. The van der Waals surface area contributed by atoms with E-state index in [9.17, 15) is 13.2 Å². The monoisotopic (exact) mass is 368 g/mol. The first-order valence-electron chi connectivity index (χ1n) is 8.66. The highest BCUT2D eigenvalue weighted by atomic mass is 32.2. The van der Waals surface area contributed by atoms with Crippen LogP contribution in [0.2, 0.25) is 0 Å². The Bertz CT molecular complexity index is 718. The molecular weight excluding hydrogens is 340 g/mol. The van der Waals surface area contributed by atoms with Gasteiger partial charge in [-0.25, -0.2) is 12.7 Å². The minimum atomic E-state index is -3.25. The maximum Gasteiger partial charge on any atom is 0.224 e. The fourth-order valence-corrected chi connectivity index (χ4v) is 4.20. The van der Waals surface area contributed by atoms with Crippen LogP contribution in [-0.2, 0) is 14.8 Å². The minimum Gasteiger partial charge on any atom is -0.496 e. The Hall–Kier alpha value is -1.60. The lowest BCUT2D eigenvalue weighted by atomic mass is 9.96. The van der Waals surface area contributed by atoms with Crippen LogP contribution in [0.5, 0.6) is 5.75 Å². The van der Waals surface area contributed by atoms with Crippen molar-refractivity contribution in [3.8, 4) is 5.75 Å². The van der Waals surface area contributed by atoms with Gasteiger partial charge in [-0.2, -0.15) is 0 Å². The number of methoxy groups -OCH3 is 1. The van der Waals surface area contributed by atoms with E-state index in [1.807, 2.05) is 32.0 Å². The Labute approximate surface area is 150 Å². The molecule has 6 nitrogen and oxygen atoms in total. The summed E-state index contributed by atoms with van der Waals surface area (Å²) in [6, 6.07) is 5.80. The van der Waals surface area contributed by atoms with Crippen LogP contribution in [0.25, 0.3) is 0 Å². The molecule has 0 saturated carbocycles. The van der Waals surface area contributed by atoms with Crippen molar-refractivity contribution in [1.82, 2.24) is 9.62 Å². The SMILES string of the molecule is CC[C@H](NC(=O)[C@H]1CCCN(S(C)(=O)=O)C1)c1ccc(OC)c(C)c1. The summed E-state index contributed by atoms with van der Waals surface area (Å²) in [7, 11) is -1.62. The summed E-state index contributed by atoms with van der Waals surface area (Å²) in [4.78, 5) is 12.7. The number of nitrogens with zero attached hydrogens (tertiary/aromatic N) is 1. The number of carbonyl (C=O) groups excluding carboxylic acids is 1. The third-order valence-corrected chi connectivity index (χ3v) is 6.04. The Kier molecular flexibility index (Phi) is 6.46. The first-order valence-corrected chi connectivity index (χ1v) is 10.5. The molecule has 1 aliphatic heterocycles. The maximum atomic E-state index is 12.7. The summed E-state index contributed by atoms with van der Waals surface area (Å²) in [5.41, 5.74) is 2.05. The average molecular weight is 368 g/mol. The van der Waals surface area contributed by atoms with E-state index in [2.05, 4.69) is 5.32 Å². The van der Waals surface area contributed by atoms with E-state index in [1.54, 1.807) is 7.11 Å². The van der Waals surface area contributed by atoms with Gasteiger partial charge in [0, 0.05) is 13.1 Å². The number of carbonyl (C=O) groups is 1. The predicted molar refractivity (Wildman–Crippen MR) is 98.0 cm³/mol. The summed E-state index contributed by atoms with van der Waals surface area (Å²) >= 11 is 0. The summed E-state index contributed by atoms with van der Waals surface area (Å²) in [5.74, 6) is 0.451. The second-order valence-corrected chi connectivity index (χ2v) is 8.64. The van der Waals surface area contributed by atoms with Crippen molar-refractivity contribution in [1.29, 1.82) is 0 Å². The molecule has 1 aromatic carbocycles. The summed E-state index contributed by atoms with van der Waals surface area (Å²) in [5, 5.41) is 3.09. The van der Waals surface area contributed by atoms with E-state index >= 15 is 0 Å². The molecule has 0 radical (unpaired) electrons. The standard InChI is InChI=1S/C18H28N2O4S/c1-5-16(14-8-9-17(24-3)13(2)11-14)19-18(21)15-7-6-10-20(12-15)25(4,22)23/h8-9,11,15-16H,5-7,10,12H2,1-4H3,(H,19,21)/t15-,16-/m0/s1. The van der Waals surface area contributed by atoms with Crippen LogP contribution in [0.3, 0.4) is 0 Å². The number of ether oxygens (including phenoxy) is 1. The zero-order valence-corrected chi connectivity index (χ0v) is 16.2. The van der Waals surface area contributed by atoms with Crippen LogP contribution in [0, 0.1) is 12.8 Å². The molecule has 1 N–H and O–H groups in total. The van der Waals surface area contributed by atoms with Gasteiger partial charge in [-0.15, -0.1) is 0 Å². The molecule has 7 heteroatoms. The van der Waals surface area contributed by atoms with Gasteiger partial charge in [0.15, 0.2) is 0 Å². The third kappa shape index (κ3) is 4.95. The molecular formula is C18H28N2O4S. The zero-order chi connectivity index (χ0) is 18.6. The fourth-order valence-electron chi connectivity index (χ4n) is 3.29. The zero-order valence-electron chi connectivity index (χ0n) is 15.4. The van der Waals surface area contributed by atoms with Gasteiger partial charge < -0.3 is 10.1 Å². The van der Waals surface area contributed by atoms with Crippen LogP contribution in [0.4, 0.5) is 0 Å². The largest absolute Gasteiger partial charge is 0.496 e. The number of nitrogens with one attached hydrogen (secondary N) is 1. The number of piperidine rings is 1. The topological polar surface area (TPSA) is 75.7 Å². The van der Waals surface area contributed by atoms with Crippen LogP contribution in [0.15, 0.2) is 18.2 Å². The lowest BCUT2D eigenvalue weighted by Crippen LogP contribution is -2.45. The van der Waals surface area contributed by atoms with Crippen LogP contribution >= 0.6 is 0 Å². The quantitative estimate of drug-likeness (QED) is 0.835. The highest BCUT2D eigenvalue weighted by molar-refractivity contribution is 7.88. The van der Waals surface area contributed by atoms with E-state index in [4.69, 9.17) is 4.74 Å². The van der Waals surface area contributed by atoms with E-state index in [0.717, 1.165) is 29.7 Å². The van der Waals surface area contributed by atoms with Crippen LogP contribution < -0.4 is 10.1 Å². The first-order chi connectivity index (χ1) is 11.8. The van der Waals surface area contributed by atoms with E-state index in [0.29, 0.717) is 13.0 Å². The molecule has 1 aliphatic rings. The van der Waals surface area contributed by atoms with Crippen molar-refractivity contribution >= 4 is 15.9 Å². The molecule has 0 aliphatic carbocycles. The first kappa shape index (κ1) is 19.7. The molecule has 140 valence electrons. The van der Waals surface area contributed by atoms with Crippen molar-refractivity contribution in [3.05, 3.63) is 29.3 Å². The number of rotatable bonds is 6. The van der Waals surface area contributed by atoms with Gasteiger partial charge in [0.2, 0.25) is 15.9 Å². The van der Waals surface area contributed by atoms with E-state index < -0.39 is 10.0 Å². The third-order valence-electron chi connectivity index (χ3n) is 4.77. The van der Waals surface area contributed by atoms with Crippen molar-refractivity contribution in [3.63, 3.8) is 0 Å². The number of benzene rings is 1. The van der Waals surface area contributed by atoms with Crippen molar-refractivity contribution in [2.75, 3.05) is 26.5 Å². The summed E-state index contributed by atoms with van der Waals surface area (Å²) < 4.78 is 30.2. The fraction of sp³-hybridized carbons (Fsp3) is 0.611. The van der Waals surface area contributed by atoms with Gasteiger partial charge in [-0.05, 0) is 43.4 Å². The number of hydrogen-bond donors (Lipinski definition) is 1. The Morgan fingerprint density at radius 2 is 2.16 bits per heavy atom. The van der Waals surface area contributed by atoms with Crippen molar-refractivity contribution in [2.45, 2.75) is 39.2 Å². The number of aryl methyl sites for hydroxylation is 1. The van der Waals surface area contributed by atoms with Gasteiger partial charge in [0.25, 0.3) is 0 Å². The Morgan fingerprint density at radius 1 is 1.44 bits per heavy atom. The van der Waals surface area contributed by atoms with Gasteiger partial charge in [-0.1, -0.05) is 19.1 Å². The normalized spacial score (nSPS) is 20.1. The van der Waals surface area contributed by atoms with Gasteiger partial charge in [0.1, 0.15) is 5.75 Å². The molecule has 1 aromatic rings. The highest BCUT2D eigenvalue weighted by Gasteiger charge is 2.31. The molecule has 1 fully saturated rings. The summed E-state index contributed by atoms with van der Waals surface area (Å²) in [6.45, 7) is 4.76. The number of sulfonamides is 1. The Balaban J connectivity index is 2.08. The molecule has 0 spiro atoms. The van der Waals surface area contributed by atoms with Gasteiger partial charge in [0.05, 0.1) is 25.3 Å². The smallest absolute Gasteiger partial charge is 0.224 e. The molecule has 0 bridgehead atoms. The molecule has 2 rings (SSSR count). The van der Waals surface area contributed by atoms with Gasteiger partial charge >= 0.3 is 0 Å². The molecule has 1 heterocycles. The second kappa shape index (κ2) is 8.19. The van der Waals surface area contributed by atoms with Crippen molar-refractivity contribution in [2.24, 2.45) is 5.92 Å². The number of amides is 1. The van der Waals surface area contributed by atoms with Crippen LogP contribution in [0.1, 0.15) is 43.4 Å².